The number of aromatic nitrogens is 2. The molecule has 0 atom stereocenters. The summed E-state index contributed by atoms with van der Waals surface area (Å²) in [6.07, 6.45) is 10.4. The lowest BCUT2D eigenvalue weighted by Crippen LogP contribution is -2.35. The summed E-state index contributed by atoms with van der Waals surface area (Å²) in [5.74, 6) is -0.538. The van der Waals surface area contributed by atoms with Gasteiger partial charge in [-0.05, 0) is 80.2 Å². The monoisotopic (exact) mass is 527 g/mol. The van der Waals surface area contributed by atoms with Gasteiger partial charge >= 0.3 is 0 Å². The number of hydrogen-bond acceptors (Lipinski definition) is 8. The number of likely N-dealkylation sites (tertiary alicyclic amines) is 2. The Hall–Kier alpha value is -3.66. The summed E-state index contributed by atoms with van der Waals surface area (Å²) in [7, 11) is 0. The Morgan fingerprint density at radius 3 is 2.46 bits per heavy atom. The number of piperidine rings is 2. The molecule has 0 radical (unpaired) electrons. The van der Waals surface area contributed by atoms with E-state index >= 15 is 0 Å². The first-order valence-electron chi connectivity index (χ1n) is 13.8. The zero-order valence-electron chi connectivity index (χ0n) is 22.3. The molecular formula is C30H37N7O2. The van der Waals surface area contributed by atoms with Gasteiger partial charge in [-0.25, -0.2) is 0 Å². The van der Waals surface area contributed by atoms with Crippen LogP contribution in [0.2, 0.25) is 0 Å². The Morgan fingerprint density at radius 2 is 1.72 bits per heavy atom. The molecule has 1 amide bonds. The van der Waals surface area contributed by atoms with Gasteiger partial charge in [0, 0.05) is 55.4 Å². The van der Waals surface area contributed by atoms with E-state index in [0.29, 0.717) is 16.9 Å². The van der Waals surface area contributed by atoms with Gasteiger partial charge in [-0.3, -0.25) is 30.0 Å². The van der Waals surface area contributed by atoms with Crippen molar-refractivity contribution in [1.29, 1.82) is 5.41 Å². The molecule has 9 nitrogen and oxygen atoms in total. The number of rotatable bonds is 8. The minimum Gasteiger partial charge on any atom is -0.398 e. The van der Waals surface area contributed by atoms with Crippen molar-refractivity contribution in [2.75, 3.05) is 37.2 Å². The lowest BCUT2D eigenvalue weighted by molar-refractivity contribution is -0.110. The highest BCUT2D eigenvalue weighted by atomic mass is 16.3. The van der Waals surface area contributed by atoms with Crippen LogP contribution in [0.1, 0.15) is 48.9 Å². The Kier molecular flexibility index (Phi) is 8.61. The molecule has 0 aliphatic carbocycles. The molecule has 2 fully saturated rings. The van der Waals surface area contributed by atoms with Gasteiger partial charge in [0.15, 0.2) is 0 Å². The summed E-state index contributed by atoms with van der Waals surface area (Å²) in [6.45, 7) is 5.49. The fourth-order valence-electron chi connectivity index (χ4n) is 5.27. The highest BCUT2D eigenvalue weighted by molar-refractivity contribution is 6.48. The second-order valence-electron chi connectivity index (χ2n) is 10.6. The van der Waals surface area contributed by atoms with Gasteiger partial charge in [-0.15, -0.1) is 0 Å². The number of nitrogen functional groups attached to an aromatic ring is 1. The number of nitrogens with zero attached hydrogens (tertiary/aromatic N) is 4. The van der Waals surface area contributed by atoms with Crippen molar-refractivity contribution in [3.8, 4) is 11.1 Å². The van der Waals surface area contributed by atoms with Gasteiger partial charge in [0.1, 0.15) is 5.71 Å². The molecule has 1 aromatic carbocycles. The molecule has 3 aromatic rings. The predicted molar refractivity (Wildman–Crippen MR) is 153 cm³/mol. The molecule has 204 valence electrons. The average Bonchev–Trinajstić information content (AvgIpc) is 2.96. The minimum atomic E-state index is -0.538. The maximum Gasteiger partial charge on any atom is 0.274 e. The van der Waals surface area contributed by atoms with E-state index in [-0.39, 0.29) is 11.8 Å². The number of anilines is 2. The number of carbonyl (C=O) groups excluding carboxylic acids is 1. The van der Waals surface area contributed by atoms with Crippen molar-refractivity contribution in [3.05, 3.63) is 71.8 Å². The zero-order chi connectivity index (χ0) is 27.2. The highest BCUT2D eigenvalue weighted by Crippen LogP contribution is 2.26. The molecule has 9 heteroatoms. The van der Waals surface area contributed by atoms with Crippen molar-refractivity contribution in [2.24, 2.45) is 0 Å². The topological polar surface area (TPSA) is 131 Å². The second kappa shape index (κ2) is 12.5. The fraction of sp³-hybridized carbons (Fsp3) is 0.400. The van der Waals surface area contributed by atoms with Gasteiger partial charge in [0.05, 0.1) is 23.7 Å². The van der Waals surface area contributed by atoms with E-state index in [1.54, 1.807) is 24.5 Å². The lowest BCUT2D eigenvalue weighted by atomic mass is 9.99. The molecule has 0 bridgehead atoms. The Balaban J connectivity index is 1.24. The van der Waals surface area contributed by atoms with Gasteiger partial charge in [0.25, 0.3) is 5.91 Å². The third-order valence-corrected chi connectivity index (χ3v) is 7.56. The third kappa shape index (κ3) is 7.06. The molecule has 2 aromatic heterocycles. The second-order valence-corrected chi connectivity index (χ2v) is 10.6. The van der Waals surface area contributed by atoms with Crippen molar-refractivity contribution in [1.82, 2.24) is 19.8 Å². The first-order chi connectivity index (χ1) is 18.9. The van der Waals surface area contributed by atoms with Crippen LogP contribution in [0.25, 0.3) is 11.1 Å². The molecular weight excluding hydrogens is 490 g/mol. The van der Waals surface area contributed by atoms with Crippen LogP contribution in [0.15, 0.2) is 55.0 Å². The number of nitrogens with two attached hydrogens (primary N) is 1. The molecule has 2 aliphatic rings. The van der Waals surface area contributed by atoms with E-state index in [4.69, 9.17) is 11.1 Å². The van der Waals surface area contributed by atoms with E-state index < -0.39 is 5.91 Å². The van der Waals surface area contributed by atoms with E-state index in [9.17, 15) is 9.90 Å². The van der Waals surface area contributed by atoms with E-state index in [1.807, 2.05) is 24.4 Å². The number of nitrogens with one attached hydrogen (secondary N) is 2. The largest absolute Gasteiger partial charge is 0.398 e. The molecule has 2 aliphatic heterocycles. The van der Waals surface area contributed by atoms with E-state index in [2.05, 4.69) is 31.2 Å². The van der Waals surface area contributed by atoms with E-state index in [0.717, 1.165) is 74.5 Å². The Labute approximate surface area is 229 Å². The van der Waals surface area contributed by atoms with Crippen LogP contribution in [-0.2, 0) is 17.9 Å². The number of hydrogen-bond donors (Lipinski definition) is 4. The van der Waals surface area contributed by atoms with E-state index in [1.165, 1.54) is 19.3 Å². The fourth-order valence-corrected chi connectivity index (χ4v) is 5.27. The molecule has 5 rings (SSSR count). The molecule has 5 N–H and O–H groups in total. The maximum absolute atomic E-state index is 13.0. The summed E-state index contributed by atoms with van der Waals surface area (Å²) in [6, 6.07) is 11.2. The zero-order valence-corrected chi connectivity index (χ0v) is 22.3. The summed E-state index contributed by atoms with van der Waals surface area (Å²) >= 11 is 0. The molecule has 39 heavy (non-hydrogen) atoms. The van der Waals surface area contributed by atoms with Crippen LogP contribution in [0, 0.1) is 5.41 Å². The highest BCUT2D eigenvalue weighted by Gasteiger charge is 2.19. The summed E-state index contributed by atoms with van der Waals surface area (Å²) in [5.41, 5.74) is 11.0. The van der Waals surface area contributed by atoms with Crippen LogP contribution < -0.4 is 11.1 Å². The maximum atomic E-state index is 13.0. The summed E-state index contributed by atoms with van der Waals surface area (Å²) in [5, 5.41) is 21.1. The smallest absolute Gasteiger partial charge is 0.274 e. The predicted octanol–water partition coefficient (Wildman–Crippen LogP) is 3.67. The normalized spacial score (nSPS) is 17.2. The third-order valence-electron chi connectivity index (χ3n) is 7.56. The number of pyridine rings is 2. The first-order valence-corrected chi connectivity index (χ1v) is 13.8. The van der Waals surface area contributed by atoms with Crippen molar-refractivity contribution < 1.29 is 9.90 Å². The number of carbonyl (C=O) groups is 1. The Morgan fingerprint density at radius 1 is 0.949 bits per heavy atom. The quantitative estimate of drug-likeness (QED) is 0.260. The number of amides is 1. The van der Waals surface area contributed by atoms with Gasteiger partial charge in [0.2, 0.25) is 0 Å². The number of benzene rings is 1. The SMILES string of the molecule is N=C(C(=O)Nc1ccc(CN2CCCCC2)nc1)c1cc(-c2cncc(CN3CCC(O)CC3)c2)ccc1N. The van der Waals surface area contributed by atoms with Crippen LogP contribution >= 0.6 is 0 Å². The van der Waals surface area contributed by atoms with Crippen LogP contribution in [0.3, 0.4) is 0 Å². The average molecular weight is 528 g/mol. The van der Waals surface area contributed by atoms with Gasteiger partial charge in [-0.1, -0.05) is 12.5 Å². The van der Waals surface area contributed by atoms with Crippen molar-refractivity contribution in [2.45, 2.75) is 51.3 Å². The van der Waals surface area contributed by atoms with Gasteiger partial charge < -0.3 is 16.2 Å². The van der Waals surface area contributed by atoms with Gasteiger partial charge in [-0.2, -0.15) is 0 Å². The standard InChI is InChI=1S/C30H37N7O2/c31-28-7-4-22(23-14-21(16-33-17-23)19-37-12-8-26(38)9-13-37)15-27(28)29(32)30(39)35-24-5-6-25(34-18-24)20-36-10-2-1-3-11-36/h4-7,14-18,26,32,38H,1-3,8-13,19-20,31H2,(H,35,39). The lowest BCUT2D eigenvalue weighted by Gasteiger charge is -2.29. The molecule has 0 spiro atoms. The molecule has 2 saturated heterocycles. The number of aliphatic hydroxyl groups is 1. The minimum absolute atomic E-state index is 0.202. The van der Waals surface area contributed by atoms with Crippen LogP contribution in [0.4, 0.5) is 11.4 Å². The number of aliphatic hydroxyl groups excluding tert-OH is 1. The summed E-state index contributed by atoms with van der Waals surface area (Å²) in [4.78, 5) is 26.6. The van der Waals surface area contributed by atoms with Crippen molar-refractivity contribution >= 4 is 23.0 Å². The van der Waals surface area contributed by atoms with Crippen molar-refractivity contribution in [3.63, 3.8) is 0 Å². The Bertz CT molecular complexity index is 1300. The molecule has 0 saturated carbocycles. The van der Waals surface area contributed by atoms with Crippen LogP contribution in [0.5, 0.6) is 0 Å². The summed E-state index contributed by atoms with van der Waals surface area (Å²) < 4.78 is 0. The first kappa shape index (κ1) is 26.9. The molecule has 4 heterocycles. The van der Waals surface area contributed by atoms with Crippen LogP contribution in [-0.4, -0.2) is 68.8 Å². The molecule has 0 unspecified atom stereocenters.